The van der Waals surface area contributed by atoms with E-state index in [9.17, 15) is 0 Å². The summed E-state index contributed by atoms with van der Waals surface area (Å²) in [5.41, 5.74) is 0.867. The summed E-state index contributed by atoms with van der Waals surface area (Å²) in [5.74, 6) is 0. The van der Waals surface area contributed by atoms with Crippen LogP contribution in [0.3, 0.4) is 0 Å². The molecule has 0 amide bonds. The van der Waals surface area contributed by atoms with Gasteiger partial charge in [0.1, 0.15) is 10.0 Å². The SMILES string of the molecule is CN(Cc1nnsc1Cl)C1CCOC1. The summed E-state index contributed by atoms with van der Waals surface area (Å²) in [6.45, 7) is 2.42. The fraction of sp³-hybridized carbons (Fsp3) is 0.750. The Kier molecular flexibility index (Phi) is 3.33. The number of likely N-dealkylation sites (N-methyl/N-ethyl adjacent to an activating group) is 1. The summed E-state index contributed by atoms with van der Waals surface area (Å²) >= 11 is 7.16. The first-order chi connectivity index (χ1) is 6.77. The Balaban J connectivity index is 1.93. The van der Waals surface area contributed by atoms with Gasteiger partial charge in [0, 0.05) is 30.7 Å². The molecule has 0 N–H and O–H groups in total. The van der Waals surface area contributed by atoms with Crippen LogP contribution in [0.15, 0.2) is 0 Å². The van der Waals surface area contributed by atoms with Gasteiger partial charge >= 0.3 is 0 Å². The van der Waals surface area contributed by atoms with E-state index in [1.54, 1.807) is 0 Å². The number of ether oxygens (including phenoxy) is 1. The topological polar surface area (TPSA) is 38.2 Å². The monoisotopic (exact) mass is 233 g/mol. The number of halogens is 1. The highest BCUT2D eigenvalue weighted by Crippen LogP contribution is 2.20. The lowest BCUT2D eigenvalue weighted by Crippen LogP contribution is -2.31. The molecule has 2 rings (SSSR count). The molecular formula is C8H12ClN3OS. The molecule has 1 aliphatic heterocycles. The number of aromatic nitrogens is 2. The second-order valence-corrected chi connectivity index (χ2v) is 4.78. The summed E-state index contributed by atoms with van der Waals surface area (Å²) in [6, 6.07) is 0.493. The van der Waals surface area contributed by atoms with Gasteiger partial charge in [-0.1, -0.05) is 16.1 Å². The van der Waals surface area contributed by atoms with Crippen molar-refractivity contribution < 1.29 is 4.74 Å². The fourth-order valence-electron chi connectivity index (χ4n) is 1.53. The molecule has 1 aliphatic rings. The van der Waals surface area contributed by atoms with Gasteiger partial charge in [-0.05, 0) is 13.5 Å². The Hall–Kier alpha value is -0.230. The van der Waals surface area contributed by atoms with Gasteiger partial charge in [-0.2, -0.15) is 0 Å². The standard InChI is InChI=1S/C8H12ClN3OS/c1-12(6-2-3-13-5-6)4-7-8(9)14-11-10-7/h6H,2-5H2,1H3. The molecule has 0 spiro atoms. The van der Waals surface area contributed by atoms with Crippen LogP contribution in [-0.4, -0.2) is 40.8 Å². The minimum Gasteiger partial charge on any atom is -0.380 e. The van der Waals surface area contributed by atoms with Crippen LogP contribution in [0, 0.1) is 0 Å². The van der Waals surface area contributed by atoms with Crippen LogP contribution in [-0.2, 0) is 11.3 Å². The Morgan fingerprint density at radius 3 is 3.14 bits per heavy atom. The first-order valence-electron chi connectivity index (χ1n) is 4.52. The smallest absolute Gasteiger partial charge is 0.138 e. The quantitative estimate of drug-likeness (QED) is 0.792. The lowest BCUT2D eigenvalue weighted by molar-refractivity contribution is 0.155. The van der Waals surface area contributed by atoms with Gasteiger partial charge in [0.15, 0.2) is 0 Å². The molecule has 1 aromatic rings. The molecule has 2 heterocycles. The van der Waals surface area contributed by atoms with Crippen LogP contribution in [0.2, 0.25) is 4.34 Å². The average Bonchev–Trinajstić information content (AvgIpc) is 2.77. The third kappa shape index (κ3) is 2.23. The minimum atomic E-state index is 0.493. The third-order valence-electron chi connectivity index (χ3n) is 2.44. The lowest BCUT2D eigenvalue weighted by atomic mass is 10.2. The molecule has 1 aromatic heterocycles. The van der Waals surface area contributed by atoms with Crippen LogP contribution < -0.4 is 0 Å². The molecule has 0 bridgehead atoms. The van der Waals surface area contributed by atoms with E-state index in [1.165, 1.54) is 11.5 Å². The van der Waals surface area contributed by atoms with Gasteiger partial charge in [-0.15, -0.1) is 5.10 Å². The molecule has 1 fully saturated rings. The van der Waals surface area contributed by atoms with Crippen LogP contribution in [0.1, 0.15) is 12.1 Å². The van der Waals surface area contributed by atoms with E-state index in [2.05, 4.69) is 21.5 Å². The summed E-state index contributed by atoms with van der Waals surface area (Å²) in [4.78, 5) is 2.22. The Morgan fingerprint density at radius 1 is 1.71 bits per heavy atom. The van der Waals surface area contributed by atoms with Crippen LogP contribution in [0.5, 0.6) is 0 Å². The molecule has 78 valence electrons. The highest BCUT2D eigenvalue weighted by molar-refractivity contribution is 7.10. The highest BCUT2D eigenvalue weighted by atomic mass is 35.5. The average molecular weight is 234 g/mol. The third-order valence-corrected chi connectivity index (χ3v) is 3.42. The van der Waals surface area contributed by atoms with Crippen molar-refractivity contribution in [1.82, 2.24) is 14.5 Å². The van der Waals surface area contributed by atoms with Crippen molar-refractivity contribution in [2.75, 3.05) is 20.3 Å². The zero-order chi connectivity index (χ0) is 9.97. The lowest BCUT2D eigenvalue weighted by Gasteiger charge is -2.21. The van der Waals surface area contributed by atoms with E-state index < -0.39 is 0 Å². The van der Waals surface area contributed by atoms with Crippen molar-refractivity contribution in [3.05, 3.63) is 10.0 Å². The zero-order valence-corrected chi connectivity index (χ0v) is 9.51. The van der Waals surface area contributed by atoms with E-state index in [1.807, 2.05) is 0 Å². The van der Waals surface area contributed by atoms with Gasteiger partial charge in [-0.3, -0.25) is 4.90 Å². The maximum atomic E-state index is 5.93. The summed E-state index contributed by atoms with van der Waals surface area (Å²) < 4.78 is 9.81. The summed E-state index contributed by atoms with van der Waals surface area (Å²) in [6.07, 6.45) is 1.09. The van der Waals surface area contributed by atoms with Gasteiger partial charge in [0.05, 0.1) is 6.61 Å². The molecule has 4 nitrogen and oxygen atoms in total. The van der Waals surface area contributed by atoms with Crippen molar-refractivity contribution in [3.8, 4) is 0 Å². The number of hydrogen-bond donors (Lipinski definition) is 0. The maximum Gasteiger partial charge on any atom is 0.138 e. The molecular weight excluding hydrogens is 222 g/mol. The predicted molar refractivity (Wildman–Crippen MR) is 55.6 cm³/mol. The van der Waals surface area contributed by atoms with E-state index in [0.717, 1.165) is 31.9 Å². The Morgan fingerprint density at radius 2 is 2.57 bits per heavy atom. The van der Waals surface area contributed by atoms with E-state index >= 15 is 0 Å². The first kappa shape index (κ1) is 10.3. The van der Waals surface area contributed by atoms with Gasteiger partial charge in [-0.25, -0.2) is 0 Å². The normalized spacial score (nSPS) is 22.1. The van der Waals surface area contributed by atoms with Crippen molar-refractivity contribution in [3.63, 3.8) is 0 Å². The van der Waals surface area contributed by atoms with Crippen molar-refractivity contribution in [2.45, 2.75) is 19.0 Å². The molecule has 14 heavy (non-hydrogen) atoms. The fourth-order valence-corrected chi connectivity index (χ4v) is 2.14. The number of rotatable bonds is 3. The van der Waals surface area contributed by atoms with Gasteiger partial charge in [0.25, 0.3) is 0 Å². The van der Waals surface area contributed by atoms with Crippen molar-refractivity contribution in [1.29, 1.82) is 0 Å². The number of hydrogen-bond acceptors (Lipinski definition) is 5. The maximum absolute atomic E-state index is 5.93. The van der Waals surface area contributed by atoms with E-state index in [0.29, 0.717) is 10.4 Å². The van der Waals surface area contributed by atoms with Crippen LogP contribution in [0.25, 0.3) is 0 Å². The Bertz CT molecular complexity index is 301. The second kappa shape index (κ2) is 4.53. The largest absolute Gasteiger partial charge is 0.380 e. The molecule has 1 atom stereocenters. The summed E-state index contributed by atoms with van der Waals surface area (Å²) in [5, 5.41) is 3.98. The summed E-state index contributed by atoms with van der Waals surface area (Å²) in [7, 11) is 2.06. The molecule has 1 saturated heterocycles. The van der Waals surface area contributed by atoms with Crippen LogP contribution >= 0.6 is 23.1 Å². The molecule has 0 saturated carbocycles. The van der Waals surface area contributed by atoms with Crippen molar-refractivity contribution in [2.24, 2.45) is 0 Å². The zero-order valence-electron chi connectivity index (χ0n) is 7.94. The molecule has 1 unspecified atom stereocenters. The molecule has 0 aliphatic carbocycles. The van der Waals surface area contributed by atoms with Gasteiger partial charge < -0.3 is 4.74 Å². The molecule has 6 heteroatoms. The number of nitrogens with zero attached hydrogens (tertiary/aromatic N) is 3. The minimum absolute atomic E-state index is 0.493. The van der Waals surface area contributed by atoms with Gasteiger partial charge in [0.2, 0.25) is 0 Å². The highest BCUT2D eigenvalue weighted by Gasteiger charge is 2.21. The van der Waals surface area contributed by atoms with Crippen LogP contribution in [0.4, 0.5) is 0 Å². The molecule has 0 radical (unpaired) electrons. The predicted octanol–water partition coefficient (Wildman–Crippen LogP) is 1.41. The van der Waals surface area contributed by atoms with Crippen molar-refractivity contribution >= 4 is 23.1 Å². The molecule has 0 aromatic carbocycles. The van der Waals surface area contributed by atoms with E-state index in [-0.39, 0.29) is 0 Å². The Labute approximate surface area is 92.0 Å². The van der Waals surface area contributed by atoms with E-state index in [4.69, 9.17) is 16.3 Å². The first-order valence-corrected chi connectivity index (χ1v) is 5.67. The second-order valence-electron chi connectivity index (χ2n) is 3.43.